The number of methoxy groups -OCH3 is 1. The molecule has 0 saturated carbocycles. The molecule has 106 valence electrons. The van der Waals surface area contributed by atoms with E-state index < -0.39 is 0 Å². The van der Waals surface area contributed by atoms with Crippen LogP contribution in [0.1, 0.15) is 34.5 Å². The van der Waals surface area contributed by atoms with E-state index in [-0.39, 0.29) is 12.0 Å². The number of anilines is 1. The highest BCUT2D eigenvalue weighted by molar-refractivity contribution is 5.92. The van der Waals surface area contributed by atoms with Gasteiger partial charge in [-0.2, -0.15) is 5.10 Å². The highest BCUT2D eigenvalue weighted by atomic mass is 16.5. The SMILES string of the molecule is COC(=O)c1cccc(NC(C)c2cnn(C)c2)c1C. The third-order valence-electron chi connectivity index (χ3n) is 3.34. The van der Waals surface area contributed by atoms with Gasteiger partial charge in [0, 0.05) is 24.5 Å². The normalized spacial score (nSPS) is 12.0. The van der Waals surface area contributed by atoms with Crippen LogP contribution in [0.25, 0.3) is 0 Å². The van der Waals surface area contributed by atoms with Gasteiger partial charge >= 0.3 is 5.97 Å². The van der Waals surface area contributed by atoms with Gasteiger partial charge in [0.25, 0.3) is 0 Å². The smallest absolute Gasteiger partial charge is 0.338 e. The molecule has 1 aromatic carbocycles. The number of nitrogens with zero attached hydrogens (tertiary/aromatic N) is 2. The summed E-state index contributed by atoms with van der Waals surface area (Å²) in [5.74, 6) is -0.319. The first-order valence-electron chi connectivity index (χ1n) is 6.46. The Balaban J connectivity index is 2.23. The first-order valence-corrected chi connectivity index (χ1v) is 6.46. The lowest BCUT2D eigenvalue weighted by atomic mass is 10.1. The Bertz CT molecular complexity index is 619. The topological polar surface area (TPSA) is 56.1 Å². The molecule has 0 aliphatic rings. The van der Waals surface area contributed by atoms with Crippen LogP contribution in [0.5, 0.6) is 0 Å². The molecule has 0 aliphatic heterocycles. The van der Waals surface area contributed by atoms with Crippen LogP contribution in [0, 0.1) is 6.92 Å². The van der Waals surface area contributed by atoms with Crippen molar-refractivity contribution in [2.24, 2.45) is 7.05 Å². The van der Waals surface area contributed by atoms with E-state index in [4.69, 9.17) is 4.74 Å². The quantitative estimate of drug-likeness (QED) is 0.870. The molecule has 0 spiro atoms. The first kappa shape index (κ1) is 14.1. The average Bonchev–Trinajstić information content (AvgIpc) is 2.87. The van der Waals surface area contributed by atoms with E-state index >= 15 is 0 Å². The van der Waals surface area contributed by atoms with Crippen molar-refractivity contribution >= 4 is 11.7 Å². The van der Waals surface area contributed by atoms with E-state index in [1.165, 1.54) is 7.11 Å². The molecule has 1 aromatic heterocycles. The third-order valence-corrected chi connectivity index (χ3v) is 3.34. The molecular formula is C15H19N3O2. The van der Waals surface area contributed by atoms with Crippen molar-refractivity contribution in [1.29, 1.82) is 0 Å². The van der Waals surface area contributed by atoms with Gasteiger partial charge in [-0.1, -0.05) is 6.07 Å². The maximum atomic E-state index is 11.7. The summed E-state index contributed by atoms with van der Waals surface area (Å²) in [5.41, 5.74) is 3.48. The van der Waals surface area contributed by atoms with Crippen molar-refractivity contribution in [3.8, 4) is 0 Å². The van der Waals surface area contributed by atoms with Crippen LogP contribution >= 0.6 is 0 Å². The lowest BCUT2D eigenvalue weighted by molar-refractivity contribution is 0.0600. The summed E-state index contributed by atoms with van der Waals surface area (Å²) in [4.78, 5) is 11.7. The molecular weight excluding hydrogens is 254 g/mol. The highest BCUT2D eigenvalue weighted by Crippen LogP contribution is 2.24. The predicted octanol–water partition coefficient (Wildman–Crippen LogP) is 2.69. The van der Waals surface area contributed by atoms with E-state index in [1.54, 1.807) is 10.7 Å². The number of aryl methyl sites for hydroxylation is 1. The first-order chi connectivity index (χ1) is 9.52. The molecule has 0 bridgehead atoms. The molecule has 2 rings (SSSR count). The molecule has 0 fully saturated rings. The summed E-state index contributed by atoms with van der Waals surface area (Å²) in [6, 6.07) is 5.67. The lowest BCUT2D eigenvalue weighted by Crippen LogP contribution is -2.10. The fourth-order valence-electron chi connectivity index (χ4n) is 2.10. The Morgan fingerprint density at radius 2 is 2.20 bits per heavy atom. The van der Waals surface area contributed by atoms with Crippen molar-refractivity contribution in [3.05, 3.63) is 47.3 Å². The van der Waals surface area contributed by atoms with Crippen LogP contribution < -0.4 is 5.32 Å². The van der Waals surface area contributed by atoms with E-state index in [0.29, 0.717) is 5.56 Å². The largest absolute Gasteiger partial charge is 0.465 e. The van der Waals surface area contributed by atoms with Gasteiger partial charge in [-0.05, 0) is 31.5 Å². The molecule has 20 heavy (non-hydrogen) atoms. The molecule has 1 atom stereocenters. The average molecular weight is 273 g/mol. The zero-order chi connectivity index (χ0) is 14.7. The minimum atomic E-state index is -0.319. The summed E-state index contributed by atoms with van der Waals surface area (Å²) >= 11 is 0. The molecule has 5 nitrogen and oxygen atoms in total. The Morgan fingerprint density at radius 3 is 2.80 bits per heavy atom. The van der Waals surface area contributed by atoms with E-state index in [1.807, 2.05) is 38.5 Å². The molecule has 1 unspecified atom stereocenters. The fourth-order valence-corrected chi connectivity index (χ4v) is 2.10. The Morgan fingerprint density at radius 1 is 1.45 bits per heavy atom. The van der Waals surface area contributed by atoms with Crippen LogP contribution in [-0.2, 0) is 11.8 Å². The summed E-state index contributed by atoms with van der Waals surface area (Å²) in [6.07, 6.45) is 3.80. The van der Waals surface area contributed by atoms with Gasteiger partial charge in [0.15, 0.2) is 0 Å². The van der Waals surface area contributed by atoms with Gasteiger partial charge in [-0.3, -0.25) is 4.68 Å². The monoisotopic (exact) mass is 273 g/mol. The number of esters is 1. The van der Waals surface area contributed by atoms with Gasteiger partial charge in [-0.15, -0.1) is 0 Å². The van der Waals surface area contributed by atoms with Crippen molar-refractivity contribution in [2.75, 3.05) is 12.4 Å². The highest BCUT2D eigenvalue weighted by Gasteiger charge is 2.14. The molecule has 0 amide bonds. The standard InChI is InChI=1S/C15H19N3O2/c1-10-13(15(19)20-4)6-5-7-14(10)17-11(2)12-8-16-18(3)9-12/h5-9,11,17H,1-4H3. The zero-order valence-corrected chi connectivity index (χ0v) is 12.2. The molecule has 5 heteroatoms. The number of nitrogens with one attached hydrogen (secondary N) is 1. The second-order valence-electron chi connectivity index (χ2n) is 4.78. The maximum Gasteiger partial charge on any atom is 0.338 e. The Hall–Kier alpha value is -2.30. The van der Waals surface area contributed by atoms with Crippen LogP contribution in [-0.4, -0.2) is 22.9 Å². The molecule has 0 radical (unpaired) electrons. The molecule has 2 aromatic rings. The van der Waals surface area contributed by atoms with Crippen molar-refractivity contribution in [2.45, 2.75) is 19.9 Å². The summed E-state index contributed by atoms with van der Waals surface area (Å²) in [5, 5.41) is 7.56. The number of hydrogen-bond donors (Lipinski definition) is 1. The maximum absolute atomic E-state index is 11.7. The molecule has 0 saturated heterocycles. The van der Waals surface area contributed by atoms with Gasteiger partial charge in [0.1, 0.15) is 0 Å². The minimum absolute atomic E-state index is 0.107. The summed E-state index contributed by atoms with van der Waals surface area (Å²) in [7, 11) is 3.28. The summed E-state index contributed by atoms with van der Waals surface area (Å²) < 4.78 is 6.55. The van der Waals surface area contributed by atoms with Crippen molar-refractivity contribution in [1.82, 2.24) is 9.78 Å². The van der Waals surface area contributed by atoms with Gasteiger partial charge in [-0.25, -0.2) is 4.79 Å². The van der Waals surface area contributed by atoms with Crippen LogP contribution in [0.15, 0.2) is 30.6 Å². The van der Waals surface area contributed by atoms with Crippen LogP contribution in [0.4, 0.5) is 5.69 Å². The molecule has 1 N–H and O–H groups in total. The van der Waals surface area contributed by atoms with Gasteiger partial charge < -0.3 is 10.1 Å². The molecule has 1 heterocycles. The fraction of sp³-hybridized carbons (Fsp3) is 0.333. The van der Waals surface area contributed by atoms with Crippen LogP contribution in [0.2, 0.25) is 0 Å². The van der Waals surface area contributed by atoms with Crippen LogP contribution in [0.3, 0.4) is 0 Å². The lowest BCUT2D eigenvalue weighted by Gasteiger charge is -2.17. The molecule has 0 aliphatic carbocycles. The van der Waals surface area contributed by atoms with Crippen molar-refractivity contribution in [3.63, 3.8) is 0 Å². The number of carbonyl (C=O) groups is 1. The van der Waals surface area contributed by atoms with E-state index in [2.05, 4.69) is 17.3 Å². The minimum Gasteiger partial charge on any atom is -0.465 e. The number of benzene rings is 1. The Kier molecular flexibility index (Phi) is 4.08. The Labute approximate surface area is 118 Å². The number of carbonyl (C=O) groups excluding carboxylic acids is 1. The van der Waals surface area contributed by atoms with E-state index in [0.717, 1.165) is 16.8 Å². The number of ether oxygens (including phenoxy) is 1. The van der Waals surface area contributed by atoms with Gasteiger partial charge in [0.05, 0.1) is 24.9 Å². The van der Waals surface area contributed by atoms with E-state index in [9.17, 15) is 4.79 Å². The number of hydrogen-bond acceptors (Lipinski definition) is 4. The third kappa shape index (κ3) is 2.82. The summed E-state index contributed by atoms with van der Waals surface area (Å²) in [6.45, 7) is 3.96. The number of aromatic nitrogens is 2. The van der Waals surface area contributed by atoms with Crippen molar-refractivity contribution < 1.29 is 9.53 Å². The second-order valence-corrected chi connectivity index (χ2v) is 4.78. The second kappa shape index (κ2) is 5.77. The predicted molar refractivity (Wildman–Crippen MR) is 77.8 cm³/mol. The van der Waals surface area contributed by atoms with Gasteiger partial charge in [0.2, 0.25) is 0 Å². The zero-order valence-electron chi connectivity index (χ0n) is 12.2. The number of rotatable bonds is 4.